The number of hydrogen-bond acceptors (Lipinski definition) is 3. The highest BCUT2D eigenvalue weighted by Crippen LogP contribution is 2.20. The molecule has 0 aromatic carbocycles. The van der Waals surface area contributed by atoms with Gasteiger partial charge in [-0.15, -0.1) is 0 Å². The molecule has 0 aromatic rings. The van der Waals surface area contributed by atoms with E-state index >= 15 is 0 Å². The summed E-state index contributed by atoms with van der Waals surface area (Å²) in [4.78, 5) is 16.7. The fourth-order valence-corrected chi connectivity index (χ4v) is 2.65. The summed E-state index contributed by atoms with van der Waals surface area (Å²) in [7, 11) is 2.18. The summed E-state index contributed by atoms with van der Waals surface area (Å²) in [5.41, 5.74) is 5.66. The van der Waals surface area contributed by atoms with Crippen LogP contribution in [0, 0.1) is 11.8 Å². The van der Waals surface area contributed by atoms with Crippen molar-refractivity contribution in [2.75, 3.05) is 33.2 Å². The Morgan fingerprint density at radius 3 is 2.37 bits per heavy atom. The van der Waals surface area contributed by atoms with Crippen LogP contribution in [0.5, 0.6) is 0 Å². The quantitative estimate of drug-likeness (QED) is 0.796. The van der Waals surface area contributed by atoms with Crippen LogP contribution in [0.15, 0.2) is 0 Å². The Bertz CT molecular complexity index is 269. The standard InChI is InChI=1S/C15H31N3O/c1-5-14(10-16)15(19)18-8-6-13(7-9-18)11-17(4)12(2)3/h12-14H,5-11,16H2,1-4H3. The molecule has 0 aromatic heterocycles. The first-order chi connectivity index (χ1) is 8.99. The summed E-state index contributed by atoms with van der Waals surface area (Å²) in [5.74, 6) is 1.02. The summed E-state index contributed by atoms with van der Waals surface area (Å²) >= 11 is 0. The highest BCUT2D eigenvalue weighted by molar-refractivity contribution is 5.79. The van der Waals surface area contributed by atoms with E-state index in [9.17, 15) is 4.79 Å². The molecule has 0 radical (unpaired) electrons. The van der Waals surface area contributed by atoms with Crippen molar-refractivity contribution in [1.29, 1.82) is 0 Å². The Balaban J connectivity index is 2.38. The van der Waals surface area contributed by atoms with E-state index in [4.69, 9.17) is 5.73 Å². The zero-order chi connectivity index (χ0) is 14.4. The van der Waals surface area contributed by atoms with Gasteiger partial charge in [-0.2, -0.15) is 0 Å². The summed E-state index contributed by atoms with van der Waals surface area (Å²) in [5, 5.41) is 0. The summed E-state index contributed by atoms with van der Waals surface area (Å²) in [6.07, 6.45) is 3.11. The van der Waals surface area contributed by atoms with Crippen LogP contribution in [0.1, 0.15) is 40.0 Å². The van der Waals surface area contributed by atoms with Gasteiger partial charge in [0.2, 0.25) is 5.91 Å². The van der Waals surface area contributed by atoms with E-state index in [-0.39, 0.29) is 11.8 Å². The van der Waals surface area contributed by atoms with Gasteiger partial charge in [0.1, 0.15) is 0 Å². The molecule has 1 aliphatic rings. The molecule has 2 N–H and O–H groups in total. The molecule has 0 bridgehead atoms. The summed E-state index contributed by atoms with van der Waals surface area (Å²) < 4.78 is 0. The van der Waals surface area contributed by atoms with Gasteiger partial charge in [-0.1, -0.05) is 6.92 Å². The molecule has 0 aliphatic carbocycles. The third kappa shape index (κ3) is 4.77. The van der Waals surface area contributed by atoms with E-state index in [1.807, 2.05) is 11.8 Å². The predicted octanol–water partition coefficient (Wildman–Crippen LogP) is 1.55. The van der Waals surface area contributed by atoms with Crippen LogP contribution in [-0.4, -0.2) is 55.0 Å². The minimum absolute atomic E-state index is 0.0230. The highest BCUT2D eigenvalue weighted by atomic mass is 16.2. The van der Waals surface area contributed by atoms with E-state index < -0.39 is 0 Å². The van der Waals surface area contributed by atoms with Gasteiger partial charge < -0.3 is 15.5 Å². The zero-order valence-corrected chi connectivity index (χ0v) is 13.1. The molecule has 112 valence electrons. The minimum Gasteiger partial charge on any atom is -0.342 e. The smallest absolute Gasteiger partial charge is 0.226 e. The average molecular weight is 269 g/mol. The Hall–Kier alpha value is -0.610. The normalized spacial score (nSPS) is 19.2. The van der Waals surface area contributed by atoms with Gasteiger partial charge in [-0.3, -0.25) is 4.79 Å². The van der Waals surface area contributed by atoms with Gasteiger partial charge in [0, 0.05) is 32.2 Å². The van der Waals surface area contributed by atoms with Crippen molar-refractivity contribution in [3.05, 3.63) is 0 Å². The number of carbonyl (C=O) groups is 1. The Morgan fingerprint density at radius 2 is 1.95 bits per heavy atom. The van der Waals surface area contributed by atoms with E-state index in [2.05, 4.69) is 25.8 Å². The maximum atomic E-state index is 12.2. The van der Waals surface area contributed by atoms with Gasteiger partial charge in [0.05, 0.1) is 5.92 Å². The maximum Gasteiger partial charge on any atom is 0.226 e. The topological polar surface area (TPSA) is 49.6 Å². The number of piperidine rings is 1. The predicted molar refractivity (Wildman–Crippen MR) is 79.9 cm³/mol. The first kappa shape index (κ1) is 16.4. The maximum absolute atomic E-state index is 12.2. The Morgan fingerprint density at radius 1 is 1.37 bits per heavy atom. The molecule has 4 nitrogen and oxygen atoms in total. The largest absolute Gasteiger partial charge is 0.342 e. The van der Waals surface area contributed by atoms with E-state index in [0.29, 0.717) is 12.6 Å². The molecule has 1 heterocycles. The molecule has 1 unspecified atom stereocenters. The van der Waals surface area contributed by atoms with Crippen molar-refractivity contribution in [2.45, 2.75) is 46.1 Å². The molecule has 0 saturated carbocycles. The van der Waals surface area contributed by atoms with Gasteiger partial charge >= 0.3 is 0 Å². The Kier molecular flexibility index (Phi) is 6.80. The lowest BCUT2D eigenvalue weighted by Gasteiger charge is -2.36. The molecule has 19 heavy (non-hydrogen) atoms. The van der Waals surface area contributed by atoms with Crippen molar-refractivity contribution >= 4 is 5.91 Å². The summed E-state index contributed by atoms with van der Waals surface area (Å²) in [6.45, 7) is 9.94. The van der Waals surface area contributed by atoms with Crippen LogP contribution in [-0.2, 0) is 4.79 Å². The lowest BCUT2D eigenvalue weighted by molar-refractivity contribution is -0.136. The molecule has 1 aliphatic heterocycles. The lowest BCUT2D eigenvalue weighted by atomic mass is 9.94. The molecular weight excluding hydrogens is 238 g/mol. The number of carbonyl (C=O) groups excluding carboxylic acids is 1. The monoisotopic (exact) mass is 269 g/mol. The highest BCUT2D eigenvalue weighted by Gasteiger charge is 2.27. The van der Waals surface area contributed by atoms with Crippen molar-refractivity contribution in [3.8, 4) is 0 Å². The van der Waals surface area contributed by atoms with E-state index in [1.54, 1.807) is 0 Å². The van der Waals surface area contributed by atoms with Crippen LogP contribution in [0.2, 0.25) is 0 Å². The molecule has 1 saturated heterocycles. The number of nitrogens with two attached hydrogens (primary N) is 1. The third-order valence-electron chi connectivity index (χ3n) is 4.48. The molecule has 1 rings (SSSR count). The summed E-state index contributed by atoms with van der Waals surface area (Å²) in [6, 6.07) is 0.598. The number of nitrogens with zero attached hydrogens (tertiary/aromatic N) is 2. The van der Waals surface area contributed by atoms with Crippen LogP contribution < -0.4 is 5.73 Å². The third-order valence-corrected chi connectivity index (χ3v) is 4.48. The van der Waals surface area contributed by atoms with Gasteiger partial charge in [0.15, 0.2) is 0 Å². The van der Waals surface area contributed by atoms with Gasteiger partial charge in [0.25, 0.3) is 0 Å². The molecular formula is C15H31N3O. The SMILES string of the molecule is CCC(CN)C(=O)N1CCC(CN(C)C(C)C)CC1. The number of rotatable bonds is 6. The van der Waals surface area contributed by atoms with Crippen molar-refractivity contribution in [3.63, 3.8) is 0 Å². The first-order valence-corrected chi connectivity index (χ1v) is 7.68. The second-order valence-electron chi connectivity index (χ2n) is 6.14. The van der Waals surface area contributed by atoms with Crippen LogP contribution in [0.3, 0.4) is 0 Å². The van der Waals surface area contributed by atoms with Crippen LogP contribution in [0.4, 0.5) is 0 Å². The second kappa shape index (κ2) is 7.85. The second-order valence-corrected chi connectivity index (χ2v) is 6.14. The van der Waals surface area contributed by atoms with Crippen molar-refractivity contribution < 1.29 is 4.79 Å². The number of hydrogen-bond donors (Lipinski definition) is 1. The fourth-order valence-electron chi connectivity index (χ4n) is 2.65. The van der Waals surface area contributed by atoms with Gasteiger partial charge in [-0.25, -0.2) is 0 Å². The number of likely N-dealkylation sites (tertiary alicyclic amines) is 1. The number of amides is 1. The molecule has 1 atom stereocenters. The first-order valence-electron chi connectivity index (χ1n) is 7.68. The molecule has 4 heteroatoms. The molecule has 1 amide bonds. The van der Waals surface area contributed by atoms with Crippen LogP contribution in [0.25, 0.3) is 0 Å². The van der Waals surface area contributed by atoms with Crippen molar-refractivity contribution in [1.82, 2.24) is 9.80 Å². The molecule has 0 spiro atoms. The van der Waals surface area contributed by atoms with Gasteiger partial charge in [-0.05, 0) is 46.1 Å². The van der Waals surface area contributed by atoms with E-state index in [1.165, 1.54) is 0 Å². The minimum atomic E-state index is 0.0230. The Labute approximate surface area is 118 Å². The van der Waals surface area contributed by atoms with Crippen molar-refractivity contribution in [2.24, 2.45) is 17.6 Å². The lowest BCUT2D eigenvalue weighted by Crippen LogP contribution is -2.45. The zero-order valence-electron chi connectivity index (χ0n) is 13.1. The van der Waals surface area contributed by atoms with Crippen LogP contribution >= 0.6 is 0 Å². The molecule has 1 fully saturated rings. The average Bonchev–Trinajstić information content (AvgIpc) is 2.40. The fraction of sp³-hybridized carbons (Fsp3) is 0.933. The van der Waals surface area contributed by atoms with E-state index in [0.717, 1.165) is 44.8 Å².